The van der Waals surface area contributed by atoms with E-state index in [0.29, 0.717) is 41.0 Å². The Morgan fingerprint density at radius 3 is 2.55 bits per heavy atom. The molecule has 2 amide bonds. The molecule has 0 spiro atoms. The highest BCUT2D eigenvalue weighted by molar-refractivity contribution is 7.15. The van der Waals surface area contributed by atoms with Crippen molar-refractivity contribution in [3.05, 3.63) is 78.1 Å². The maximum Gasteiger partial charge on any atom is 0.325 e. The molecular formula is C23H19N7O2S. The summed E-state index contributed by atoms with van der Waals surface area (Å²) in [5, 5.41) is 9.35. The van der Waals surface area contributed by atoms with E-state index in [1.54, 1.807) is 6.20 Å². The van der Waals surface area contributed by atoms with Gasteiger partial charge in [0.1, 0.15) is 6.33 Å². The molecule has 164 valence electrons. The van der Waals surface area contributed by atoms with Gasteiger partial charge in [-0.15, -0.1) is 11.3 Å². The Bertz CT molecular complexity index is 1370. The van der Waals surface area contributed by atoms with Crippen LogP contribution in [0.5, 0.6) is 0 Å². The molecule has 0 atom stereocenters. The molecule has 10 heteroatoms. The number of nitrogens with one attached hydrogen (secondary N) is 3. The van der Waals surface area contributed by atoms with E-state index in [1.165, 1.54) is 17.7 Å². The van der Waals surface area contributed by atoms with Crippen LogP contribution < -0.4 is 16.0 Å². The molecule has 0 aliphatic rings. The van der Waals surface area contributed by atoms with Crippen LogP contribution in [0.3, 0.4) is 0 Å². The van der Waals surface area contributed by atoms with E-state index in [2.05, 4.69) is 35.9 Å². The maximum atomic E-state index is 12.1. The fraction of sp³-hybridized carbons (Fsp3) is 0.0870. The molecular weight excluding hydrogens is 438 g/mol. The van der Waals surface area contributed by atoms with Crippen molar-refractivity contribution in [2.75, 3.05) is 22.5 Å². The first-order valence-corrected chi connectivity index (χ1v) is 11.0. The predicted octanol–water partition coefficient (Wildman–Crippen LogP) is 5.04. The van der Waals surface area contributed by atoms with Crippen LogP contribution in [0.15, 0.2) is 77.6 Å². The van der Waals surface area contributed by atoms with Crippen molar-refractivity contribution >= 4 is 45.2 Å². The molecule has 0 saturated heterocycles. The number of amides is 2. The Kier molecular flexibility index (Phi) is 5.89. The molecule has 33 heavy (non-hydrogen) atoms. The third-order valence-corrected chi connectivity index (χ3v) is 5.66. The van der Waals surface area contributed by atoms with Gasteiger partial charge in [0.2, 0.25) is 5.89 Å². The first-order valence-electron chi connectivity index (χ1n) is 10.2. The van der Waals surface area contributed by atoms with E-state index in [-0.39, 0.29) is 6.03 Å². The van der Waals surface area contributed by atoms with Crippen LogP contribution in [0.1, 0.15) is 4.88 Å². The molecule has 0 aliphatic heterocycles. The van der Waals surface area contributed by atoms with E-state index in [9.17, 15) is 4.79 Å². The van der Waals surface area contributed by atoms with Crippen LogP contribution in [0.25, 0.3) is 22.7 Å². The smallest absolute Gasteiger partial charge is 0.325 e. The highest BCUT2D eigenvalue weighted by Crippen LogP contribution is 2.26. The Morgan fingerprint density at radius 2 is 1.73 bits per heavy atom. The van der Waals surface area contributed by atoms with E-state index >= 15 is 0 Å². The zero-order chi connectivity index (χ0) is 22.5. The van der Waals surface area contributed by atoms with Gasteiger partial charge in [-0.25, -0.2) is 19.7 Å². The van der Waals surface area contributed by atoms with Gasteiger partial charge in [-0.05, 0) is 24.3 Å². The molecule has 2 aromatic carbocycles. The number of carbonyl (C=O) groups excluding carboxylic acids is 1. The summed E-state index contributed by atoms with van der Waals surface area (Å²) < 4.78 is 5.79. The average molecular weight is 458 g/mol. The second kappa shape index (κ2) is 9.45. The lowest BCUT2D eigenvalue weighted by molar-refractivity contribution is 0.262. The number of carbonyl (C=O) groups is 1. The van der Waals surface area contributed by atoms with Gasteiger partial charge in [0.05, 0.1) is 0 Å². The number of benzene rings is 2. The highest BCUT2D eigenvalue weighted by atomic mass is 32.1. The van der Waals surface area contributed by atoms with Crippen molar-refractivity contribution < 1.29 is 9.21 Å². The fourth-order valence-electron chi connectivity index (χ4n) is 3.15. The number of para-hydroxylation sites is 1. The fourth-order valence-corrected chi connectivity index (χ4v) is 3.96. The van der Waals surface area contributed by atoms with Gasteiger partial charge in [0.25, 0.3) is 5.71 Å². The average Bonchev–Trinajstić information content (AvgIpc) is 3.48. The summed E-state index contributed by atoms with van der Waals surface area (Å²) in [6.07, 6.45) is 3.91. The molecule has 0 saturated carbocycles. The molecule has 0 aliphatic carbocycles. The highest BCUT2D eigenvalue weighted by Gasteiger charge is 2.14. The maximum absolute atomic E-state index is 12.1. The molecule has 3 N–H and O–H groups in total. The number of fused-ring (bicyclic) bond motifs is 1. The molecule has 3 aromatic heterocycles. The largest absolute Gasteiger partial charge is 0.417 e. The van der Waals surface area contributed by atoms with Crippen LogP contribution in [0, 0.1) is 0 Å². The standard InChI is InChI=1S/C23H19N7O2S/c31-22(28-16-9-5-2-6-10-16)30-23-25-13-17(33-23)11-12-24-19-18-21(27-14-26-19)32-20(29-18)15-7-3-1-4-8-15/h1-10,13-14H,11-12H2,(H,24,26,27)(H2,25,28,30,31). The number of aromatic nitrogens is 4. The lowest BCUT2D eigenvalue weighted by Crippen LogP contribution is -2.19. The summed E-state index contributed by atoms with van der Waals surface area (Å²) in [6, 6.07) is 18.6. The number of urea groups is 1. The molecule has 0 fully saturated rings. The number of thiazole rings is 1. The normalized spacial score (nSPS) is 10.8. The Hall–Kier alpha value is -4.31. The molecule has 9 nitrogen and oxygen atoms in total. The van der Waals surface area contributed by atoms with E-state index < -0.39 is 0 Å². The second-order valence-electron chi connectivity index (χ2n) is 7.01. The summed E-state index contributed by atoms with van der Waals surface area (Å²) in [6.45, 7) is 0.609. The molecule has 0 bridgehead atoms. The van der Waals surface area contributed by atoms with Crippen LogP contribution in [0.4, 0.5) is 21.4 Å². The van der Waals surface area contributed by atoms with Crippen molar-refractivity contribution in [3.63, 3.8) is 0 Å². The number of nitrogens with zero attached hydrogens (tertiary/aromatic N) is 4. The number of hydrogen-bond acceptors (Lipinski definition) is 8. The summed E-state index contributed by atoms with van der Waals surface area (Å²) >= 11 is 1.42. The summed E-state index contributed by atoms with van der Waals surface area (Å²) in [7, 11) is 0. The Balaban J connectivity index is 1.19. The number of rotatable bonds is 7. The second-order valence-corrected chi connectivity index (χ2v) is 8.13. The minimum atomic E-state index is -0.330. The van der Waals surface area contributed by atoms with E-state index in [4.69, 9.17) is 4.42 Å². The van der Waals surface area contributed by atoms with Gasteiger partial charge in [-0.1, -0.05) is 36.4 Å². The lowest BCUT2D eigenvalue weighted by atomic mass is 10.2. The lowest BCUT2D eigenvalue weighted by Gasteiger charge is -2.04. The van der Waals surface area contributed by atoms with Gasteiger partial charge >= 0.3 is 6.03 Å². The SMILES string of the molecule is O=C(Nc1ccccc1)Nc1ncc(CCNc2ncnc3oc(-c4ccccc4)nc23)s1. The predicted molar refractivity (Wildman–Crippen MR) is 128 cm³/mol. The molecule has 0 radical (unpaired) electrons. The van der Waals surface area contributed by atoms with Gasteiger partial charge in [0.15, 0.2) is 16.5 Å². The molecule has 3 heterocycles. The van der Waals surface area contributed by atoms with Crippen LogP contribution in [-0.2, 0) is 6.42 Å². The summed E-state index contributed by atoms with van der Waals surface area (Å²) in [5.74, 6) is 1.11. The minimum Gasteiger partial charge on any atom is -0.417 e. The first-order chi connectivity index (χ1) is 16.2. The van der Waals surface area contributed by atoms with Crippen LogP contribution in [-0.4, -0.2) is 32.5 Å². The molecule has 0 unspecified atom stereocenters. The zero-order valence-corrected chi connectivity index (χ0v) is 18.2. The molecule has 5 aromatic rings. The summed E-state index contributed by atoms with van der Waals surface area (Å²) in [5.41, 5.74) is 2.61. The van der Waals surface area contributed by atoms with Crippen LogP contribution in [0.2, 0.25) is 0 Å². The van der Waals surface area contributed by atoms with Gasteiger partial charge < -0.3 is 15.1 Å². The Morgan fingerprint density at radius 1 is 0.939 bits per heavy atom. The van der Waals surface area contributed by atoms with Crippen molar-refractivity contribution in [3.8, 4) is 11.5 Å². The van der Waals surface area contributed by atoms with E-state index in [1.807, 2.05) is 60.7 Å². The third kappa shape index (κ3) is 4.96. The third-order valence-electron chi connectivity index (χ3n) is 4.69. The monoisotopic (exact) mass is 457 g/mol. The van der Waals surface area contributed by atoms with Crippen molar-refractivity contribution in [2.45, 2.75) is 6.42 Å². The topological polar surface area (TPSA) is 118 Å². The Labute approximate surface area is 193 Å². The van der Waals surface area contributed by atoms with Crippen molar-refractivity contribution in [1.82, 2.24) is 19.9 Å². The molecule has 5 rings (SSSR count). The van der Waals surface area contributed by atoms with E-state index in [0.717, 1.165) is 16.1 Å². The zero-order valence-electron chi connectivity index (χ0n) is 17.4. The van der Waals surface area contributed by atoms with Crippen molar-refractivity contribution in [1.29, 1.82) is 0 Å². The first kappa shape index (κ1) is 20.6. The quantitative estimate of drug-likeness (QED) is 0.313. The number of hydrogen-bond donors (Lipinski definition) is 3. The van der Waals surface area contributed by atoms with Crippen molar-refractivity contribution in [2.24, 2.45) is 0 Å². The number of anilines is 3. The summed E-state index contributed by atoms with van der Waals surface area (Å²) in [4.78, 5) is 30.5. The van der Waals surface area contributed by atoms with Crippen LogP contribution >= 0.6 is 11.3 Å². The van der Waals surface area contributed by atoms with Gasteiger partial charge in [-0.3, -0.25) is 5.32 Å². The van der Waals surface area contributed by atoms with Gasteiger partial charge in [-0.2, -0.15) is 4.98 Å². The number of oxazole rings is 1. The minimum absolute atomic E-state index is 0.330. The van der Waals surface area contributed by atoms with Gasteiger partial charge in [0, 0.05) is 35.3 Å².